The fraction of sp³-hybridized carbons (Fsp3) is 0.125. The van der Waals surface area contributed by atoms with E-state index in [-0.39, 0.29) is 0 Å². The van der Waals surface area contributed by atoms with Crippen LogP contribution in [-0.2, 0) is 9.53 Å². The maximum absolute atomic E-state index is 12.0. The Kier molecular flexibility index (Phi) is 5.41. The second-order valence-corrected chi connectivity index (χ2v) is 5.43. The monoisotopic (exact) mass is 337 g/mol. The Morgan fingerprint density at radius 2 is 1.73 bits per heavy atom. The molecule has 2 aromatic carbocycles. The average molecular weight is 338 g/mol. The predicted molar refractivity (Wildman–Crippen MR) is 86.4 cm³/mol. The quantitative estimate of drug-likeness (QED) is 0.851. The van der Waals surface area contributed by atoms with Gasteiger partial charge in [0.05, 0.1) is 5.56 Å². The number of halogens is 2. The molecule has 0 spiro atoms. The molecule has 6 heteroatoms. The van der Waals surface area contributed by atoms with Gasteiger partial charge < -0.3 is 10.1 Å². The molecule has 22 heavy (non-hydrogen) atoms. The van der Waals surface area contributed by atoms with Crippen LogP contribution in [0.4, 0.5) is 5.69 Å². The molecule has 0 bridgehead atoms. The van der Waals surface area contributed by atoms with Crippen molar-refractivity contribution in [3.05, 3.63) is 64.1 Å². The van der Waals surface area contributed by atoms with Gasteiger partial charge >= 0.3 is 5.97 Å². The molecule has 0 aromatic heterocycles. The molecule has 1 N–H and O–H groups in total. The first-order valence-electron chi connectivity index (χ1n) is 6.48. The van der Waals surface area contributed by atoms with Gasteiger partial charge in [0, 0.05) is 15.7 Å². The van der Waals surface area contributed by atoms with Crippen LogP contribution >= 0.6 is 23.2 Å². The van der Waals surface area contributed by atoms with Crippen molar-refractivity contribution in [2.45, 2.75) is 13.0 Å². The lowest BCUT2D eigenvalue weighted by molar-refractivity contribution is -0.123. The van der Waals surface area contributed by atoms with Crippen LogP contribution < -0.4 is 5.32 Å². The number of benzene rings is 2. The van der Waals surface area contributed by atoms with Gasteiger partial charge in [-0.2, -0.15) is 0 Å². The average Bonchev–Trinajstić information content (AvgIpc) is 2.49. The van der Waals surface area contributed by atoms with Crippen LogP contribution in [-0.4, -0.2) is 18.0 Å². The molecule has 2 aromatic rings. The van der Waals surface area contributed by atoms with E-state index < -0.39 is 18.0 Å². The van der Waals surface area contributed by atoms with Gasteiger partial charge in [0.1, 0.15) is 0 Å². The second kappa shape index (κ2) is 7.29. The van der Waals surface area contributed by atoms with E-state index in [9.17, 15) is 9.59 Å². The summed E-state index contributed by atoms with van der Waals surface area (Å²) in [5, 5.41) is 3.63. The smallest absolute Gasteiger partial charge is 0.338 e. The standard InChI is InChI=1S/C16H13Cl2NO3/c1-10(15(20)19-14-7-5-12(17)6-8-14)22-16(21)11-3-2-4-13(18)9-11/h2-10H,1H3,(H,19,20)/t10-/m1/s1. The van der Waals surface area contributed by atoms with Crippen molar-refractivity contribution in [3.63, 3.8) is 0 Å². The Balaban J connectivity index is 1.96. The zero-order valence-corrected chi connectivity index (χ0v) is 13.2. The SMILES string of the molecule is C[C@@H](OC(=O)c1cccc(Cl)c1)C(=O)Nc1ccc(Cl)cc1. The third-order valence-electron chi connectivity index (χ3n) is 2.83. The van der Waals surface area contributed by atoms with Gasteiger partial charge in [-0.15, -0.1) is 0 Å². The van der Waals surface area contributed by atoms with Crippen LogP contribution in [0.5, 0.6) is 0 Å². The van der Waals surface area contributed by atoms with E-state index in [1.54, 1.807) is 42.5 Å². The Morgan fingerprint density at radius 3 is 2.36 bits per heavy atom. The number of ether oxygens (including phenoxy) is 1. The fourth-order valence-corrected chi connectivity index (χ4v) is 1.99. The highest BCUT2D eigenvalue weighted by atomic mass is 35.5. The first-order valence-corrected chi connectivity index (χ1v) is 7.24. The van der Waals surface area contributed by atoms with Gasteiger partial charge in [-0.25, -0.2) is 4.79 Å². The summed E-state index contributed by atoms with van der Waals surface area (Å²) < 4.78 is 5.11. The number of hydrogen-bond acceptors (Lipinski definition) is 3. The van der Waals surface area contributed by atoms with Crippen LogP contribution in [0, 0.1) is 0 Å². The number of nitrogens with one attached hydrogen (secondary N) is 1. The zero-order valence-electron chi connectivity index (χ0n) is 11.7. The van der Waals surface area contributed by atoms with E-state index in [0.717, 1.165) is 0 Å². The topological polar surface area (TPSA) is 55.4 Å². The maximum atomic E-state index is 12.0. The lowest BCUT2D eigenvalue weighted by Gasteiger charge is -2.13. The summed E-state index contributed by atoms with van der Waals surface area (Å²) in [5.41, 5.74) is 0.860. The summed E-state index contributed by atoms with van der Waals surface area (Å²) in [5.74, 6) is -1.04. The van der Waals surface area contributed by atoms with Gasteiger partial charge in [0.15, 0.2) is 6.10 Å². The number of esters is 1. The van der Waals surface area contributed by atoms with Crippen molar-refractivity contribution in [2.24, 2.45) is 0 Å². The van der Waals surface area contributed by atoms with E-state index in [0.29, 0.717) is 21.3 Å². The Hall–Kier alpha value is -2.04. The highest BCUT2D eigenvalue weighted by Crippen LogP contribution is 2.15. The number of anilines is 1. The van der Waals surface area contributed by atoms with Crippen LogP contribution in [0.2, 0.25) is 10.0 Å². The predicted octanol–water partition coefficient (Wildman–Crippen LogP) is 4.18. The summed E-state index contributed by atoms with van der Waals surface area (Å²) in [4.78, 5) is 23.9. The first-order chi connectivity index (χ1) is 10.5. The molecule has 1 atom stereocenters. The summed E-state index contributed by atoms with van der Waals surface area (Å²) in [6.45, 7) is 1.49. The van der Waals surface area contributed by atoms with Crippen LogP contribution in [0.3, 0.4) is 0 Å². The molecule has 0 aliphatic heterocycles. The molecule has 114 valence electrons. The van der Waals surface area contributed by atoms with Crippen molar-refractivity contribution >= 4 is 40.8 Å². The number of amides is 1. The minimum atomic E-state index is -0.942. The third kappa shape index (κ3) is 4.48. The molecule has 0 aliphatic carbocycles. The summed E-state index contributed by atoms with van der Waals surface area (Å²) in [6.07, 6.45) is -0.942. The van der Waals surface area contributed by atoms with Crippen LogP contribution in [0.1, 0.15) is 17.3 Å². The van der Waals surface area contributed by atoms with Crippen molar-refractivity contribution in [2.75, 3.05) is 5.32 Å². The molecule has 0 saturated heterocycles. The van der Waals surface area contributed by atoms with Crippen molar-refractivity contribution in [1.82, 2.24) is 0 Å². The van der Waals surface area contributed by atoms with E-state index in [1.807, 2.05) is 0 Å². The van der Waals surface area contributed by atoms with Gasteiger partial charge in [-0.3, -0.25) is 4.79 Å². The lowest BCUT2D eigenvalue weighted by atomic mass is 10.2. The normalized spacial score (nSPS) is 11.6. The fourth-order valence-electron chi connectivity index (χ4n) is 1.67. The van der Waals surface area contributed by atoms with Gasteiger partial charge in [-0.1, -0.05) is 29.3 Å². The van der Waals surface area contributed by atoms with Crippen LogP contribution in [0.15, 0.2) is 48.5 Å². The van der Waals surface area contributed by atoms with E-state index in [1.165, 1.54) is 13.0 Å². The molecule has 1 amide bonds. The highest BCUT2D eigenvalue weighted by molar-refractivity contribution is 6.31. The molecule has 0 fully saturated rings. The number of carbonyl (C=O) groups is 2. The Labute approximate surface area is 138 Å². The third-order valence-corrected chi connectivity index (χ3v) is 3.31. The molecule has 0 aliphatic rings. The number of rotatable bonds is 4. The second-order valence-electron chi connectivity index (χ2n) is 4.55. The minimum Gasteiger partial charge on any atom is -0.449 e. The van der Waals surface area contributed by atoms with Gasteiger partial charge in [0.25, 0.3) is 5.91 Å². The zero-order chi connectivity index (χ0) is 16.1. The molecular weight excluding hydrogens is 325 g/mol. The minimum absolute atomic E-state index is 0.290. The van der Waals surface area contributed by atoms with Crippen molar-refractivity contribution < 1.29 is 14.3 Å². The first kappa shape index (κ1) is 16.3. The summed E-state index contributed by atoms with van der Waals surface area (Å²) >= 11 is 11.6. The summed E-state index contributed by atoms with van der Waals surface area (Å²) in [6, 6.07) is 13.0. The van der Waals surface area contributed by atoms with Crippen LogP contribution in [0.25, 0.3) is 0 Å². The van der Waals surface area contributed by atoms with E-state index in [4.69, 9.17) is 27.9 Å². The van der Waals surface area contributed by atoms with Crippen molar-refractivity contribution in [1.29, 1.82) is 0 Å². The van der Waals surface area contributed by atoms with Crippen molar-refractivity contribution in [3.8, 4) is 0 Å². The molecule has 0 saturated carbocycles. The molecular formula is C16H13Cl2NO3. The van der Waals surface area contributed by atoms with E-state index in [2.05, 4.69) is 5.32 Å². The molecule has 0 heterocycles. The Morgan fingerprint density at radius 1 is 1.05 bits per heavy atom. The van der Waals surface area contributed by atoms with Gasteiger partial charge in [-0.05, 0) is 49.4 Å². The highest BCUT2D eigenvalue weighted by Gasteiger charge is 2.19. The summed E-state index contributed by atoms with van der Waals surface area (Å²) in [7, 11) is 0. The maximum Gasteiger partial charge on any atom is 0.338 e. The molecule has 4 nitrogen and oxygen atoms in total. The molecule has 2 rings (SSSR count). The van der Waals surface area contributed by atoms with Gasteiger partial charge in [0.2, 0.25) is 0 Å². The lowest BCUT2D eigenvalue weighted by Crippen LogP contribution is -2.29. The number of hydrogen-bond donors (Lipinski definition) is 1. The number of carbonyl (C=O) groups excluding carboxylic acids is 2. The molecule has 0 radical (unpaired) electrons. The van der Waals surface area contributed by atoms with E-state index >= 15 is 0 Å². The Bertz CT molecular complexity index is 686. The largest absolute Gasteiger partial charge is 0.449 e. The molecule has 0 unspecified atom stereocenters.